The number of ether oxygens (including phenoxy) is 1. The maximum atomic E-state index is 9.10. The minimum Gasteiger partial charge on any atom is -0.483 e. The van der Waals surface area contributed by atoms with E-state index >= 15 is 0 Å². The minimum atomic E-state index is -0.358. The van der Waals surface area contributed by atoms with E-state index in [4.69, 9.17) is 27.3 Å². The fourth-order valence-corrected chi connectivity index (χ4v) is 2.16. The topological polar surface area (TPSA) is 59.0 Å². The van der Waals surface area contributed by atoms with Crippen LogP contribution in [0.3, 0.4) is 0 Å². The van der Waals surface area contributed by atoms with E-state index in [-0.39, 0.29) is 12.1 Å². The van der Waals surface area contributed by atoms with Gasteiger partial charge in [-0.1, -0.05) is 35.9 Å². The van der Waals surface area contributed by atoms with E-state index in [1.807, 2.05) is 31.2 Å². The Bertz CT molecular complexity index is 634. The van der Waals surface area contributed by atoms with Crippen LogP contribution in [0.4, 0.5) is 0 Å². The van der Waals surface area contributed by atoms with Crippen molar-refractivity contribution >= 4 is 11.6 Å². The Kier molecular flexibility index (Phi) is 4.62. The van der Waals surface area contributed by atoms with Gasteiger partial charge in [0.25, 0.3) is 0 Å². The maximum Gasteiger partial charge on any atom is 0.139 e. The monoisotopic (exact) mass is 286 g/mol. The molecule has 0 aliphatic heterocycles. The zero-order valence-corrected chi connectivity index (χ0v) is 11.8. The summed E-state index contributed by atoms with van der Waals surface area (Å²) in [6.45, 7) is 1.86. The summed E-state index contributed by atoms with van der Waals surface area (Å²) in [5.41, 5.74) is 7.38. The van der Waals surface area contributed by atoms with Crippen molar-refractivity contribution in [3.05, 3.63) is 64.7 Å². The molecule has 0 aliphatic carbocycles. The van der Waals surface area contributed by atoms with Gasteiger partial charge in [0.2, 0.25) is 0 Å². The minimum absolute atomic E-state index is 0.236. The number of halogens is 1. The Morgan fingerprint density at radius 1 is 1.20 bits per heavy atom. The molecule has 0 saturated carbocycles. The van der Waals surface area contributed by atoms with Crippen LogP contribution >= 0.6 is 11.6 Å². The third-order valence-electron chi connectivity index (χ3n) is 2.92. The number of hydrogen-bond donors (Lipinski definition) is 1. The van der Waals surface area contributed by atoms with Crippen LogP contribution in [0.5, 0.6) is 5.75 Å². The molecule has 0 aliphatic rings. The van der Waals surface area contributed by atoms with Gasteiger partial charge in [0, 0.05) is 11.1 Å². The third kappa shape index (κ3) is 3.30. The van der Waals surface area contributed by atoms with E-state index in [2.05, 4.69) is 6.07 Å². The summed E-state index contributed by atoms with van der Waals surface area (Å²) in [6.07, 6.45) is -0.358. The summed E-state index contributed by atoms with van der Waals surface area (Å²) in [4.78, 5) is 0. The standard InChI is InChI=1S/C16H15ClN2O/c1-11(19)16(12-6-4-7-14(17)9-12)20-15-8-3-2-5-13(15)10-18/h2-9,11,16H,19H2,1H3. The van der Waals surface area contributed by atoms with Crippen LogP contribution in [0.25, 0.3) is 0 Å². The van der Waals surface area contributed by atoms with Gasteiger partial charge in [-0.05, 0) is 36.8 Å². The van der Waals surface area contributed by atoms with Crippen LogP contribution in [0.15, 0.2) is 48.5 Å². The van der Waals surface area contributed by atoms with Crippen molar-refractivity contribution in [1.82, 2.24) is 0 Å². The lowest BCUT2D eigenvalue weighted by atomic mass is 10.0. The van der Waals surface area contributed by atoms with E-state index < -0.39 is 0 Å². The summed E-state index contributed by atoms with van der Waals surface area (Å²) in [5, 5.41) is 9.73. The quantitative estimate of drug-likeness (QED) is 0.933. The molecule has 3 nitrogen and oxygen atoms in total. The number of nitrogens with two attached hydrogens (primary N) is 1. The Labute approximate surface area is 123 Å². The van der Waals surface area contributed by atoms with Crippen LogP contribution in [0.2, 0.25) is 5.02 Å². The molecule has 20 heavy (non-hydrogen) atoms. The number of rotatable bonds is 4. The van der Waals surface area contributed by atoms with Gasteiger partial charge < -0.3 is 10.5 Å². The average Bonchev–Trinajstić information content (AvgIpc) is 2.44. The average molecular weight is 287 g/mol. The lowest BCUT2D eigenvalue weighted by molar-refractivity contribution is 0.180. The van der Waals surface area contributed by atoms with Gasteiger partial charge in [0.1, 0.15) is 17.9 Å². The molecule has 0 fully saturated rings. The van der Waals surface area contributed by atoms with Gasteiger partial charge in [0.05, 0.1) is 5.56 Å². The van der Waals surface area contributed by atoms with Crippen molar-refractivity contribution in [2.45, 2.75) is 19.1 Å². The summed E-state index contributed by atoms with van der Waals surface area (Å²) >= 11 is 6.01. The van der Waals surface area contributed by atoms with Crippen LogP contribution in [-0.2, 0) is 0 Å². The van der Waals surface area contributed by atoms with Crippen molar-refractivity contribution in [1.29, 1.82) is 5.26 Å². The highest BCUT2D eigenvalue weighted by Gasteiger charge is 2.19. The summed E-state index contributed by atoms with van der Waals surface area (Å²) in [5.74, 6) is 0.525. The lowest BCUT2D eigenvalue weighted by Gasteiger charge is -2.23. The molecule has 0 spiro atoms. The van der Waals surface area contributed by atoms with E-state index in [1.165, 1.54) is 0 Å². The van der Waals surface area contributed by atoms with E-state index in [0.29, 0.717) is 16.3 Å². The summed E-state index contributed by atoms with van der Waals surface area (Å²) in [6, 6.07) is 16.4. The molecule has 0 saturated heterocycles. The molecule has 2 aromatic rings. The second kappa shape index (κ2) is 6.42. The van der Waals surface area contributed by atoms with Gasteiger partial charge in [0.15, 0.2) is 0 Å². The Morgan fingerprint density at radius 2 is 1.95 bits per heavy atom. The van der Waals surface area contributed by atoms with E-state index in [1.54, 1.807) is 24.3 Å². The highest BCUT2D eigenvalue weighted by atomic mass is 35.5. The van der Waals surface area contributed by atoms with Crippen LogP contribution in [-0.4, -0.2) is 6.04 Å². The van der Waals surface area contributed by atoms with Crippen molar-refractivity contribution in [2.75, 3.05) is 0 Å². The van der Waals surface area contributed by atoms with Gasteiger partial charge >= 0.3 is 0 Å². The Balaban J connectivity index is 2.34. The molecule has 2 unspecified atom stereocenters. The Hall–Kier alpha value is -2.02. The molecule has 2 aromatic carbocycles. The molecule has 0 bridgehead atoms. The highest BCUT2D eigenvalue weighted by molar-refractivity contribution is 6.30. The number of hydrogen-bond acceptors (Lipinski definition) is 3. The van der Waals surface area contributed by atoms with Crippen molar-refractivity contribution < 1.29 is 4.74 Å². The van der Waals surface area contributed by atoms with Crippen LogP contribution in [0, 0.1) is 11.3 Å². The summed E-state index contributed by atoms with van der Waals surface area (Å²) in [7, 11) is 0. The molecule has 2 rings (SSSR count). The number of nitriles is 1. The molecular formula is C16H15ClN2O. The first-order valence-corrected chi connectivity index (χ1v) is 6.66. The molecular weight excluding hydrogens is 272 g/mol. The molecule has 102 valence electrons. The second-order valence-electron chi connectivity index (χ2n) is 4.56. The Morgan fingerprint density at radius 3 is 2.60 bits per heavy atom. The van der Waals surface area contributed by atoms with Crippen molar-refractivity contribution in [2.24, 2.45) is 5.73 Å². The predicted molar refractivity (Wildman–Crippen MR) is 79.6 cm³/mol. The number of benzene rings is 2. The predicted octanol–water partition coefficient (Wildman–Crippen LogP) is 3.68. The fraction of sp³-hybridized carbons (Fsp3) is 0.188. The molecule has 2 N–H and O–H groups in total. The molecule has 0 aromatic heterocycles. The van der Waals surface area contributed by atoms with E-state index in [0.717, 1.165) is 5.56 Å². The molecule has 0 amide bonds. The van der Waals surface area contributed by atoms with Crippen LogP contribution in [0.1, 0.15) is 24.2 Å². The largest absolute Gasteiger partial charge is 0.483 e. The zero-order valence-electron chi connectivity index (χ0n) is 11.1. The number of para-hydroxylation sites is 1. The zero-order chi connectivity index (χ0) is 14.5. The molecule has 0 radical (unpaired) electrons. The lowest BCUT2D eigenvalue weighted by Crippen LogP contribution is -2.29. The highest BCUT2D eigenvalue weighted by Crippen LogP contribution is 2.28. The second-order valence-corrected chi connectivity index (χ2v) is 5.00. The normalized spacial score (nSPS) is 13.3. The van der Waals surface area contributed by atoms with Gasteiger partial charge in [-0.25, -0.2) is 0 Å². The fourth-order valence-electron chi connectivity index (χ4n) is 1.96. The first-order valence-electron chi connectivity index (χ1n) is 6.28. The SMILES string of the molecule is CC(N)C(Oc1ccccc1C#N)c1cccc(Cl)c1. The van der Waals surface area contributed by atoms with Gasteiger partial charge in [-0.2, -0.15) is 5.26 Å². The smallest absolute Gasteiger partial charge is 0.139 e. The maximum absolute atomic E-state index is 9.10. The first kappa shape index (κ1) is 14.4. The van der Waals surface area contributed by atoms with Gasteiger partial charge in [-0.3, -0.25) is 0 Å². The molecule has 0 heterocycles. The van der Waals surface area contributed by atoms with Crippen molar-refractivity contribution in [3.8, 4) is 11.8 Å². The molecule has 4 heteroatoms. The van der Waals surface area contributed by atoms with Crippen molar-refractivity contribution in [3.63, 3.8) is 0 Å². The number of nitrogens with zero attached hydrogens (tertiary/aromatic N) is 1. The van der Waals surface area contributed by atoms with Crippen LogP contribution < -0.4 is 10.5 Å². The van der Waals surface area contributed by atoms with E-state index in [9.17, 15) is 0 Å². The first-order chi connectivity index (χ1) is 9.61. The summed E-state index contributed by atoms with van der Waals surface area (Å²) < 4.78 is 5.93. The molecule has 2 atom stereocenters. The van der Waals surface area contributed by atoms with Gasteiger partial charge in [-0.15, -0.1) is 0 Å². The third-order valence-corrected chi connectivity index (χ3v) is 3.15.